The van der Waals surface area contributed by atoms with E-state index in [0.717, 1.165) is 22.4 Å². The average Bonchev–Trinajstić information content (AvgIpc) is 2.37. The second-order valence-corrected chi connectivity index (χ2v) is 5.79. The van der Waals surface area contributed by atoms with E-state index < -0.39 is 0 Å². The summed E-state index contributed by atoms with van der Waals surface area (Å²) in [6.07, 6.45) is 1.02. The lowest BCUT2D eigenvalue weighted by Crippen LogP contribution is -2.21. The molecule has 3 rings (SSSR count). The SMILES string of the molecule is COCc1[nH]c(C2Cc3ccccc32)nc(=S)c1Br. The molecule has 0 saturated carbocycles. The van der Waals surface area contributed by atoms with Crippen molar-refractivity contribution < 1.29 is 4.74 Å². The van der Waals surface area contributed by atoms with E-state index in [2.05, 4.69) is 50.2 Å². The Morgan fingerprint density at radius 3 is 3.00 bits per heavy atom. The molecule has 0 saturated heterocycles. The molecule has 3 nitrogen and oxygen atoms in total. The largest absolute Gasteiger partial charge is 0.378 e. The van der Waals surface area contributed by atoms with Crippen LogP contribution in [0.4, 0.5) is 0 Å². The summed E-state index contributed by atoms with van der Waals surface area (Å²) in [6, 6.07) is 8.45. The molecular formula is C14H13BrN2OS. The summed E-state index contributed by atoms with van der Waals surface area (Å²) in [5.41, 5.74) is 3.68. The van der Waals surface area contributed by atoms with Gasteiger partial charge >= 0.3 is 0 Å². The summed E-state index contributed by atoms with van der Waals surface area (Å²) in [4.78, 5) is 7.84. The maximum atomic E-state index is 5.30. The van der Waals surface area contributed by atoms with E-state index in [9.17, 15) is 0 Å². The third kappa shape index (κ3) is 2.26. The average molecular weight is 337 g/mol. The van der Waals surface area contributed by atoms with Gasteiger partial charge in [0.1, 0.15) is 10.5 Å². The number of halogens is 1. The number of rotatable bonds is 3. The van der Waals surface area contributed by atoms with Crippen LogP contribution in [0.3, 0.4) is 0 Å². The maximum absolute atomic E-state index is 5.30. The zero-order chi connectivity index (χ0) is 13.4. The Morgan fingerprint density at radius 2 is 2.26 bits per heavy atom. The Morgan fingerprint density at radius 1 is 1.47 bits per heavy atom. The van der Waals surface area contributed by atoms with Crippen molar-refractivity contribution in [2.45, 2.75) is 18.9 Å². The molecule has 5 heteroatoms. The van der Waals surface area contributed by atoms with Crippen LogP contribution in [0.25, 0.3) is 0 Å². The first kappa shape index (κ1) is 13.0. The van der Waals surface area contributed by atoms with E-state index in [-0.39, 0.29) is 0 Å². The van der Waals surface area contributed by atoms with Crippen molar-refractivity contribution >= 4 is 28.1 Å². The van der Waals surface area contributed by atoms with Gasteiger partial charge in [-0.3, -0.25) is 0 Å². The molecule has 1 unspecified atom stereocenters. The number of nitrogens with zero attached hydrogens (tertiary/aromatic N) is 1. The highest BCUT2D eigenvalue weighted by atomic mass is 79.9. The van der Waals surface area contributed by atoms with Crippen LogP contribution in [0.15, 0.2) is 28.7 Å². The Kier molecular flexibility index (Phi) is 3.52. The standard InChI is InChI=1S/C14H13BrN2OS/c1-18-7-11-12(15)14(19)17-13(16-11)10-6-8-4-2-3-5-9(8)10/h2-5,10H,6-7H2,1H3,(H,16,17,19). The minimum absolute atomic E-state index is 0.321. The van der Waals surface area contributed by atoms with E-state index >= 15 is 0 Å². The number of ether oxygens (including phenoxy) is 1. The highest BCUT2D eigenvalue weighted by Crippen LogP contribution is 2.38. The van der Waals surface area contributed by atoms with Gasteiger partial charge in [0, 0.05) is 13.0 Å². The molecule has 19 heavy (non-hydrogen) atoms. The van der Waals surface area contributed by atoms with Crippen LogP contribution in [0.2, 0.25) is 0 Å². The van der Waals surface area contributed by atoms with Crippen molar-refractivity contribution in [2.24, 2.45) is 0 Å². The topological polar surface area (TPSA) is 37.9 Å². The lowest BCUT2D eigenvalue weighted by molar-refractivity contribution is 0.180. The molecule has 98 valence electrons. The van der Waals surface area contributed by atoms with Crippen LogP contribution in [0, 0.1) is 4.64 Å². The molecule has 1 aromatic heterocycles. The van der Waals surface area contributed by atoms with E-state index in [4.69, 9.17) is 17.0 Å². The minimum Gasteiger partial charge on any atom is -0.378 e. The lowest BCUT2D eigenvalue weighted by Gasteiger charge is -2.29. The number of methoxy groups -OCH3 is 1. The highest BCUT2D eigenvalue weighted by molar-refractivity contribution is 9.10. The van der Waals surface area contributed by atoms with Crippen LogP contribution in [0.1, 0.15) is 28.6 Å². The summed E-state index contributed by atoms with van der Waals surface area (Å²) >= 11 is 8.76. The molecule has 0 bridgehead atoms. The Balaban J connectivity index is 2.02. The number of nitrogens with one attached hydrogen (secondary N) is 1. The summed E-state index contributed by atoms with van der Waals surface area (Å²) in [7, 11) is 1.67. The number of aromatic nitrogens is 2. The molecule has 1 heterocycles. The first-order chi connectivity index (χ1) is 9.20. The Labute approximate surface area is 125 Å². The molecule has 1 atom stereocenters. The number of H-pyrrole nitrogens is 1. The quantitative estimate of drug-likeness (QED) is 0.867. The van der Waals surface area contributed by atoms with Gasteiger partial charge < -0.3 is 9.72 Å². The van der Waals surface area contributed by atoms with Crippen molar-refractivity contribution in [3.05, 3.63) is 56.0 Å². The molecule has 0 spiro atoms. The third-order valence-electron chi connectivity index (χ3n) is 3.43. The second kappa shape index (κ2) is 5.15. The summed E-state index contributed by atoms with van der Waals surface area (Å²) in [5, 5.41) is 0. The van der Waals surface area contributed by atoms with Gasteiger partial charge in [0.25, 0.3) is 0 Å². The summed E-state index contributed by atoms with van der Waals surface area (Å²) < 4.78 is 6.59. The molecule has 1 N–H and O–H groups in total. The van der Waals surface area contributed by atoms with Gasteiger partial charge in [-0.1, -0.05) is 36.5 Å². The highest BCUT2D eigenvalue weighted by Gasteiger charge is 2.29. The van der Waals surface area contributed by atoms with Crippen LogP contribution >= 0.6 is 28.1 Å². The van der Waals surface area contributed by atoms with Gasteiger partial charge in [-0.05, 0) is 33.5 Å². The number of fused-ring (bicyclic) bond motifs is 1. The van der Waals surface area contributed by atoms with Crippen molar-refractivity contribution in [2.75, 3.05) is 7.11 Å². The fraction of sp³-hybridized carbons (Fsp3) is 0.286. The smallest absolute Gasteiger partial charge is 0.144 e. The van der Waals surface area contributed by atoms with Gasteiger partial charge in [0.05, 0.1) is 16.8 Å². The molecule has 2 aromatic rings. The number of hydrogen-bond acceptors (Lipinski definition) is 3. The normalized spacial score (nSPS) is 16.8. The van der Waals surface area contributed by atoms with Crippen LogP contribution < -0.4 is 0 Å². The van der Waals surface area contributed by atoms with Crippen molar-refractivity contribution in [1.29, 1.82) is 0 Å². The second-order valence-electron chi connectivity index (χ2n) is 4.61. The zero-order valence-electron chi connectivity index (χ0n) is 10.4. The van der Waals surface area contributed by atoms with E-state index in [1.807, 2.05) is 0 Å². The van der Waals surface area contributed by atoms with Gasteiger partial charge in [-0.25, -0.2) is 4.98 Å². The first-order valence-electron chi connectivity index (χ1n) is 6.06. The maximum Gasteiger partial charge on any atom is 0.144 e. The Bertz CT molecular complexity index is 683. The van der Waals surface area contributed by atoms with Crippen molar-refractivity contribution in [3.63, 3.8) is 0 Å². The van der Waals surface area contributed by atoms with Crippen molar-refractivity contribution in [3.8, 4) is 0 Å². The molecular weight excluding hydrogens is 324 g/mol. The van der Waals surface area contributed by atoms with Crippen LogP contribution in [-0.4, -0.2) is 17.1 Å². The number of hydrogen-bond donors (Lipinski definition) is 1. The van der Waals surface area contributed by atoms with Crippen LogP contribution in [0.5, 0.6) is 0 Å². The number of benzene rings is 1. The Hall–Kier alpha value is -1.04. The van der Waals surface area contributed by atoms with Crippen molar-refractivity contribution in [1.82, 2.24) is 9.97 Å². The first-order valence-corrected chi connectivity index (χ1v) is 7.26. The molecule has 0 radical (unpaired) electrons. The summed E-state index contributed by atoms with van der Waals surface area (Å²) in [5.74, 6) is 1.25. The molecule has 1 aliphatic rings. The fourth-order valence-corrected chi connectivity index (χ4v) is 2.96. The molecule has 0 amide bonds. The van der Waals surface area contributed by atoms with Crippen LogP contribution in [-0.2, 0) is 17.8 Å². The predicted molar refractivity (Wildman–Crippen MR) is 79.8 cm³/mol. The molecule has 1 aromatic carbocycles. The van der Waals surface area contributed by atoms with E-state index in [1.165, 1.54) is 11.1 Å². The monoisotopic (exact) mass is 336 g/mol. The van der Waals surface area contributed by atoms with Gasteiger partial charge in [0.2, 0.25) is 0 Å². The zero-order valence-corrected chi connectivity index (χ0v) is 12.8. The third-order valence-corrected chi connectivity index (χ3v) is 4.84. The molecule has 0 fully saturated rings. The summed E-state index contributed by atoms with van der Waals surface area (Å²) in [6.45, 7) is 0.494. The van der Waals surface area contributed by atoms with Gasteiger partial charge in [0.15, 0.2) is 0 Å². The van der Waals surface area contributed by atoms with E-state index in [1.54, 1.807) is 7.11 Å². The predicted octanol–water partition coefficient (Wildman–Crippen LogP) is 3.74. The molecule has 1 aliphatic carbocycles. The minimum atomic E-state index is 0.321. The van der Waals surface area contributed by atoms with Gasteiger partial charge in [-0.15, -0.1) is 0 Å². The van der Waals surface area contributed by atoms with E-state index in [0.29, 0.717) is 17.2 Å². The molecule has 0 aliphatic heterocycles. The van der Waals surface area contributed by atoms with Gasteiger partial charge in [-0.2, -0.15) is 0 Å². The number of aromatic amines is 1. The fourth-order valence-electron chi connectivity index (χ4n) is 2.44. The lowest BCUT2D eigenvalue weighted by atomic mass is 9.77.